The molecule has 3 aromatic rings. The summed E-state index contributed by atoms with van der Waals surface area (Å²) in [4.78, 5) is 9.22. The summed E-state index contributed by atoms with van der Waals surface area (Å²) < 4.78 is 5.91. The highest BCUT2D eigenvalue weighted by atomic mass is 35.5. The number of allylic oxidation sites excluding steroid dienone is 1. The van der Waals surface area contributed by atoms with E-state index >= 15 is 0 Å². The molecule has 0 aliphatic carbocycles. The van der Waals surface area contributed by atoms with Gasteiger partial charge in [0.2, 0.25) is 5.70 Å². The first-order valence-electron chi connectivity index (χ1n) is 10.3. The molecule has 2 heterocycles. The number of fused-ring (bicyclic) bond motifs is 1. The van der Waals surface area contributed by atoms with Crippen LogP contribution in [0.25, 0.3) is 5.70 Å². The van der Waals surface area contributed by atoms with Crippen LogP contribution in [-0.2, 0) is 13.2 Å². The van der Waals surface area contributed by atoms with E-state index in [2.05, 4.69) is 4.99 Å². The number of ether oxygens (including phenoxy) is 1. The Hall–Kier alpha value is -3.51. The number of rotatable bonds is 6. The molecule has 32 heavy (non-hydrogen) atoms. The lowest BCUT2D eigenvalue weighted by Gasteiger charge is -2.23. The molecule has 0 saturated heterocycles. The minimum absolute atomic E-state index is 0.0390. The number of aliphatic imine (C=N–C) groups is 2. The molecule has 2 aliphatic heterocycles. The maximum absolute atomic E-state index is 9.55. The summed E-state index contributed by atoms with van der Waals surface area (Å²) in [5.41, 5.74) is 5.14. The first-order valence-corrected chi connectivity index (χ1v) is 10.6. The van der Waals surface area contributed by atoms with Crippen molar-refractivity contribution in [3.8, 4) is 5.75 Å². The largest absolute Gasteiger partial charge is 0.489 e. The first-order chi connectivity index (χ1) is 15.7. The standard InChI is InChI=1S/C26H21ClN3O2/c27-30-13-12-28-16-24(30)25(21-9-4-8-20(14-21)17-31)29-26(30)22-10-5-11-23(15-22)32-18-19-6-2-1-3-7-19/h1-16,31H,17-18H2/q+1. The van der Waals surface area contributed by atoms with Crippen molar-refractivity contribution in [1.29, 1.82) is 0 Å². The summed E-state index contributed by atoms with van der Waals surface area (Å²) in [7, 11) is 0. The number of nitrogens with zero attached hydrogens (tertiary/aromatic N) is 3. The zero-order valence-electron chi connectivity index (χ0n) is 17.2. The van der Waals surface area contributed by atoms with Gasteiger partial charge in [-0.2, -0.15) is 4.99 Å². The molecule has 1 unspecified atom stereocenters. The van der Waals surface area contributed by atoms with Crippen molar-refractivity contribution in [2.75, 3.05) is 0 Å². The molecule has 0 aromatic heterocycles. The van der Waals surface area contributed by atoms with Gasteiger partial charge in [-0.3, -0.25) is 4.99 Å². The molecule has 5 nitrogen and oxygen atoms in total. The van der Waals surface area contributed by atoms with Gasteiger partial charge in [-0.05, 0) is 35.4 Å². The van der Waals surface area contributed by atoms with Crippen LogP contribution in [0, 0.1) is 0 Å². The van der Waals surface area contributed by atoms with Crippen LogP contribution >= 0.6 is 11.8 Å². The highest BCUT2D eigenvalue weighted by molar-refractivity contribution is 6.22. The topological polar surface area (TPSA) is 54.2 Å². The number of amidine groups is 1. The number of halogens is 1. The Morgan fingerprint density at radius 3 is 2.50 bits per heavy atom. The molecule has 0 amide bonds. The first kappa shape index (κ1) is 20.4. The van der Waals surface area contributed by atoms with Gasteiger partial charge in [0.1, 0.15) is 24.3 Å². The minimum Gasteiger partial charge on any atom is -0.489 e. The second-order valence-corrected chi connectivity index (χ2v) is 8.08. The summed E-state index contributed by atoms with van der Waals surface area (Å²) in [6.07, 6.45) is 5.21. The van der Waals surface area contributed by atoms with E-state index in [0.717, 1.165) is 39.4 Å². The summed E-state index contributed by atoms with van der Waals surface area (Å²) >= 11 is 7.10. The van der Waals surface area contributed by atoms with Crippen molar-refractivity contribution in [3.05, 3.63) is 119 Å². The van der Waals surface area contributed by atoms with Gasteiger partial charge in [0, 0.05) is 5.56 Å². The van der Waals surface area contributed by atoms with Gasteiger partial charge in [0.15, 0.2) is 11.8 Å². The fraction of sp³-hybridized carbons (Fsp3) is 0.0769. The number of aliphatic hydroxyl groups is 1. The molecule has 0 spiro atoms. The van der Waals surface area contributed by atoms with Gasteiger partial charge >= 0.3 is 0 Å². The molecule has 0 fully saturated rings. The zero-order chi connectivity index (χ0) is 22.0. The monoisotopic (exact) mass is 442 g/mol. The van der Waals surface area contributed by atoms with E-state index in [9.17, 15) is 5.11 Å². The van der Waals surface area contributed by atoms with Gasteiger partial charge < -0.3 is 9.84 Å². The Morgan fingerprint density at radius 1 is 0.875 bits per heavy atom. The Bertz CT molecular complexity index is 1280. The van der Waals surface area contributed by atoms with Crippen LogP contribution in [0.15, 0.2) is 107 Å². The zero-order valence-corrected chi connectivity index (χ0v) is 18.0. The molecule has 2 aliphatic rings. The van der Waals surface area contributed by atoms with Crippen LogP contribution in [0.5, 0.6) is 5.75 Å². The van der Waals surface area contributed by atoms with E-state index in [-0.39, 0.29) is 10.6 Å². The molecule has 3 aromatic carbocycles. The number of hydrogen-bond donors (Lipinski definition) is 1. The molecule has 0 radical (unpaired) electrons. The van der Waals surface area contributed by atoms with E-state index in [1.807, 2.05) is 78.9 Å². The third-order valence-electron chi connectivity index (χ3n) is 5.40. The van der Waals surface area contributed by atoms with Gasteiger partial charge in [-0.1, -0.05) is 54.6 Å². The number of benzene rings is 3. The maximum atomic E-state index is 9.55. The summed E-state index contributed by atoms with van der Waals surface area (Å²) in [6, 6.07) is 25.5. The van der Waals surface area contributed by atoms with Crippen molar-refractivity contribution in [3.63, 3.8) is 0 Å². The highest BCUT2D eigenvalue weighted by Crippen LogP contribution is 2.41. The maximum Gasteiger partial charge on any atom is 0.264 e. The van der Waals surface area contributed by atoms with E-state index in [4.69, 9.17) is 21.5 Å². The average Bonchev–Trinajstić information content (AvgIpc) is 3.16. The second kappa shape index (κ2) is 8.55. The van der Waals surface area contributed by atoms with Crippen molar-refractivity contribution in [1.82, 2.24) is 0 Å². The number of quaternary nitrogens is 1. The molecule has 1 atom stereocenters. The average molecular weight is 443 g/mol. The lowest BCUT2D eigenvalue weighted by Crippen LogP contribution is -2.37. The van der Waals surface area contributed by atoms with Crippen molar-refractivity contribution in [2.45, 2.75) is 13.2 Å². The van der Waals surface area contributed by atoms with Crippen LogP contribution in [-0.4, -0.2) is 21.2 Å². The molecular weight excluding hydrogens is 422 g/mol. The number of aliphatic hydroxyl groups excluding tert-OH is 1. The van der Waals surface area contributed by atoms with Crippen LogP contribution in [0.1, 0.15) is 22.3 Å². The van der Waals surface area contributed by atoms with E-state index in [1.165, 1.54) is 0 Å². The SMILES string of the molecule is OCc1cccc(C2=C3C=NC=C[N+]3(Cl)C(c3cccc(OCc4ccccc4)c3)=N2)c1. The summed E-state index contributed by atoms with van der Waals surface area (Å²) in [6.45, 7) is 0.440. The summed E-state index contributed by atoms with van der Waals surface area (Å²) in [5, 5.41) is 9.55. The van der Waals surface area contributed by atoms with E-state index in [1.54, 1.807) is 18.6 Å². The third-order valence-corrected chi connectivity index (χ3v) is 5.85. The Morgan fingerprint density at radius 2 is 1.66 bits per heavy atom. The highest BCUT2D eigenvalue weighted by Gasteiger charge is 2.46. The molecule has 6 heteroatoms. The second-order valence-electron chi connectivity index (χ2n) is 7.54. The molecule has 158 valence electrons. The smallest absolute Gasteiger partial charge is 0.264 e. The van der Waals surface area contributed by atoms with Crippen LogP contribution < -0.4 is 4.74 Å². The van der Waals surface area contributed by atoms with Crippen molar-refractivity contribution in [2.24, 2.45) is 9.98 Å². The predicted octanol–water partition coefficient (Wildman–Crippen LogP) is 5.41. The van der Waals surface area contributed by atoms with Gasteiger partial charge in [-0.15, -0.1) is 4.00 Å². The molecule has 5 rings (SSSR count). The van der Waals surface area contributed by atoms with Crippen LogP contribution in [0.2, 0.25) is 0 Å². The fourth-order valence-electron chi connectivity index (χ4n) is 3.79. The van der Waals surface area contributed by atoms with E-state index in [0.29, 0.717) is 12.4 Å². The summed E-state index contributed by atoms with van der Waals surface area (Å²) in [5.74, 6) is 1.41. The van der Waals surface area contributed by atoms with Gasteiger partial charge in [0.05, 0.1) is 24.6 Å². The minimum atomic E-state index is -0.107. The Labute approximate surface area is 191 Å². The Balaban J connectivity index is 1.51. The Kier molecular flexibility index (Phi) is 5.45. The normalized spacial score (nSPS) is 19.1. The fourth-order valence-corrected chi connectivity index (χ4v) is 4.10. The van der Waals surface area contributed by atoms with Gasteiger partial charge in [-0.25, -0.2) is 0 Å². The molecule has 0 saturated carbocycles. The van der Waals surface area contributed by atoms with Crippen LogP contribution in [0.3, 0.4) is 0 Å². The van der Waals surface area contributed by atoms with Crippen molar-refractivity contribution < 1.29 is 13.8 Å². The molecule has 1 N–H and O–H groups in total. The van der Waals surface area contributed by atoms with Crippen LogP contribution in [0.4, 0.5) is 0 Å². The van der Waals surface area contributed by atoms with Gasteiger partial charge in [0.25, 0.3) is 5.84 Å². The van der Waals surface area contributed by atoms with Crippen molar-refractivity contribution >= 4 is 29.5 Å². The predicted molar refractivity (Wildman–Crippen MR) is 127 cm³/mol. The lowest BCUT2D eigenvalue weighted by molar-refractivity contribution is -0.599. The lowest BCUT2D eigenvalue weighted by atomic mass is 10.1. The third kappa shape index (κ3) is 3.78. The van der Waals surface area contributed by atoms with E-state index < -0.39 is 0 Å². The quantitative estimate of drug-likeness (QED) is 0.519. The number of hydrogen-bond acceptors (Lipinski definition) is 4. The molecular formula is C26H21ClN3O2+. The molecule has 0 bridgehead atoms.